The minimum absolute atomic E-state index is 0.0447. The molecular weight excluding hydrogens is 342 g/mol. The molecule has 2 heterocycles. The van der Waals surface area contributed by atoms with Crippen LogP contribution in [0.5, 0.6) is 5.75 Å². The first-order chi connectivity index (χ1) is 13.0. The second kappa shape index (κ2) is 6.46. The van der Waals surface area contributed by atoms with Crippen LogP contribution in [0, 0.1) is 0 Å². The number of benzene rings is 2. The molecule has 0 bridgehead atoms. The number of aromatic nitrogens is 1. The molecule has 1 atom stereocenters. The second-order valence-electron chi connectivity index (χ2n) is 6.81. The number of nitrogens with zero attached hydrogens (tertiary/aromatic N) is 1. The number of aryl methyl sites for hydroxylation is 1. The van der Waals surface area contributed by atoms with E-state index < -0.39 is 0 Å². The number of hydrogen-bond acceptors (Lipinski definition) is 3. The smallest absolute Gasteiger partial charge is 0.225 e. The van der Waals surface area contributed by atoms with Gasteiger partial charge in [-0.15, -0.1) is 0 Å². The summed E-state index contributed by atoms with van der Waals surface area (Å²) in [7, 11) is 3.59. The lowest BCUT2D eigenvalue weighted by Crippen LogP contribution is -2.25. The molecule has 2 amide bonds. The summed E-state index contributed by atoms with van der Waals surface area (Å²) in [5.74, 6) is 0.243. The molecule has 4 rings (SSSR count). The molecule has 0 fully saturated rings. The number of methoxy groups -OCH3 is 1. The van der Waals surface area contributed by atoms with Gasteiger partial charge in [-0.1, -0.05) is 18.2 Å². The number of carbonyl (C=O) groups is 2. The third kappa shape index (κ3) is 2.93. The standard InChI is InChI=1S/C21H21N3O3/c1-12(25)22-17-11-16-14(9-20(17)27-3)15(10-21(26)23-16)19-8-13-6-4-5-7-18(13)24(19)2/h4-9,11,15H,10H2,1-3H3,(H,22,25)(H,23,26). The summed E-state index contributed by atoms with van der Waals surface area (Å²) in [4.78, 5) is 23.9. The molecule has 138 valence electrons. The zero-order valence-corrected chi connectivity index (χ0v) is 15.5. The molecule has 2 aromatic carbocycles. The zero-order valence-electron chi connectivity index (χ0n) is 15.5. The number of nitrogens with one attached hydrogen (secondary N) is 2. The summed E-state index contributed by atoms with van der Waals surface area (Å²) < 4.78 is 7.61. The van der Waals surface area contributed by atoms with Crippen LogP contribution in [0.1, 0.15) is 30.5 Å². The van der Waals surface area contributed by atoms with Crippen molar-refractivity contribution in [2.45, 2.75) is 19.3 Å². The summed E-state index contributed by atoms with van der Waals surface area (Å²) in [5.41, 5.74) is 4.42. The first kappa shape index (κ1) is 17.1. The summed E-state index contributed by atoms with van der Waals surface area (Å²) in [6.45, 7) is 1.44. The van der Waals surface area contributed by atoms with Crippen LogP contribution in [-0.2, 0) is 16.6 Å². The van der Waals surface area contributed by atoms with Crippen LogP contribution in [0.3, 0.4) is 0 Å². The summed E-state index contributed by atoms with van der Waals surface area (Å²) in [6, 6.07) is 14.0. The van der Waals surface area contributed by atoms with E-state index in [2.05, 4.69) is 33.4 Å². The molecule has 6 heteroatoms. The van der Waals surface area contributed by atoms with Gasteiger partial charge in [-0.3, -0.25) is 9.59 Å². The van der Waals surface area contributed by atoms with E-state index in [1.807, 2.05) is 25.2 Å². The lowest BCUT2D eigenvalue weighted by atomic mass is 9.87. The van der Waals surface area contributed by atoms with Crippen LogP contribution in [0.4, 0.5) is 11.4 Å². The van der Waals surface area contributed by atoms with Gasteiger partial charge >= 0.3 is 0 Å². The van der Waals surface area contributed by atoms with Crippen LogP contribution in [-0.4, -0.2) is 23.5 Å². The van der Waals surface area contributed by atoms with Gasteiger partial charge in [-0.05, 0) is 35.2 Å². The summed E-state index contributed by atoms with van der Waals surface area (Å²) >= 11 is 0. The Labute approximate surface area is 157 Å². The van der Waals surface area contributed by atoms with Gasteiger partial charge in [0.1, 0.15) is 5.75 Å². The van der Waals surface area contributed by atoms with E-state index in [-0.39, 0.29) is 17.7 Å². The fourth-order valence-corrected chi connectivity index (χ4v) is 3.85. The maximum atomic E-state index is 12.4. The molecule has 1 aromatic heterocycles. The molecule has 1 aliphatic heterocycles. The van der Waals surface area contributed by atoms with Crippen molar-refractivity contribution in [2.75, 3.05) is 17.7 Å². The van der Waals surface area contributed by atoms with E-state index in [4.69, 9.17) is 4.74 Å². The highest BCUT2D eigenvalue weighted by Crippen LogP contribution is 2.43. The number of rotatable bonds is 3. The average Bonchev–Trinajstić information content (AvgIpc) is 2.97. The fourth-order valence-electron chi connectivity index (χ4n) is 3.85. The Balaban J connectivity index is 1.88. The van der Waals surface area contributed by atoms with Gasteiger partial charge in [0.25, 0.3) is 0 Å². The van der Waals surface area contributed by atoms with E-state index in [0.29, 0.717) is 23.5 Å². The van der Waals surface area contributed by atoms with E-state index in [1.165, 1.54) is 6.92 Å². The van der Waals surface area contributed by atoms with Crippen molar-refractivity contribution >= 4 is 34.1 Å². The highest BCUT2D eigenvalue weighted by Gasteiger charge is 2.30. The Hall–Kier alpha value is -3.28. The number of hydrogen-bond donors (Lipinski definition) is 2. The predicted octanol–water partition coefficient (Wildman–Crippen LogP) is 3.62. The quantitative estimate of drug-likeness (QED) is 0.746. The lowest BCUT2D eigenvalue weighted by Gasteiger charge is -2.27. The second-order valence-corrected chi connectivity index (χ2v) is 6.81. The Bertz CT molecular complexity index is 1070. The highest BCUT2D eigenvalue weighted by molar-refractivity contribution is 5.98. The van der Waals surface area contributed by atoms with Gasteiger partial charge in [-0.25, -0.2) is 0 Å². The van der Waals surface area contributed by atoms with Crippen LogP contribution in [0.25, 0.3) is 10.9 Å². The summed E-state index contributed by atoms with van der Waals surface area (Å²) in [6.07, 6.45) is 0.361. The molecule has 27 heavy (non-hydrogen) atoms. The number of carbonyl (C=O) groups excluding carboxylic acids is 2. The molecule has 0 aliphatic carbocycles. The number of anilines is 2. The third-order valence-electron chi connectivity index (χ3n) is 5.07. The SMILES string of the molecule is COc1cc2c(cc1NC(C)=O)NC(=O)CC2c1cc2ccccc2n1C. The zero-order chi connectivity index (χ0) is 19.1. The Morgan fingerprint density at radius 2 is 2.04 bits per heavy atom. The highest BCUT2D eigenvalue weighted by atomic mass is 16.5. The van der Waals surface area contributed by atoms with Crippen LogP contribution < -0.4 is 15.4 Å². The molecule has 0 spiro atoms. The summed E-state index contributed by atoms with van der Waals surface area (Å²) in [5, 5.41) is 6.82. The number of fused-ring (bicyclic) bond motifs is 2. The molecule has 2 N–H and O–H groups in total. The molecule has 3 aromatic rings. The number of para-hydroxylation sites is 1. The van der Waals surface area contributed by atoms with Crippen molar-refractivity contribution in [2.24, 2.45) is 7.05 Å². The maximum absolute atomic E-state index is 12.4. The Morgan fingerprint density at radius 1 is 1.26 bits per heavy atom. The fraction of sp³-hybridized carbons (Fsp3) is 0.238. The average molecular weight is 363 g/mol. The van der Waals surface area contributed by atoms with Crippen molar-refractivity contribution in [3.05, 3.63) is 53.7 Å². The molecular formula is C21H21N3O3. The van der Waals surface area contributed by atoms with E-state index >= 15 is 0 Å². The molecule has 1 aliphatic rings. The third-order valence-corrected chi connectivity index (χ3v) is 5.07. The van der Waals surface area contributed by atoms with Gasteiger partial charge in [0.15, 0.2) is 0 Å². The molecule has 0 saturated carbocycles. The minimum Gasteiger partial charge on any atom is -0.495 e. The first-order valence-electron chi connectivity index (χ1n) is 8.81. The van der Waals surface area contributed by atoms with E-state index in [0.717, 1.165) is 22.2 Å². The molecule has 1 unspecified atom stereocenters. The monoisotopic (exact) mass is 363 g/mol. The largest absolute Gasteiger partial charge is 0.495 e. The minimum atomic E-state index is -0.194. The van der Waals surface area contributed by atoms with Gasteiger partial charge in [0.05, 0.1) is 12.8 Å². The molecule has 0 radical (unpaired) electrons. The normalized spacial score (nSPS) is 16.0. The van der Waals surface area contributed by atoms with E-state index in [1.54, 1.807) is 13.2 Å². The van der Waals surface area contributed by atoms with Crippen molar-refractivity contribution in [1.29, 1.82) is 0 Å². The van der Waals surface area contributed by atoms with Crippen molar-refractivity contribution < 1.29 is 14.3 Å². The van der Waals surface area contributed by atoms with Crippen molar-refractivity contribution in [1.82, 2.24) is 4.57 Å². The number of ether oxygens (including phenoxy) is 1. The van der Waals surface area contributed by atoms with Gasteiger partial charge in [0.2, 0.25) is 11.8 Å². The number of amides is 2. The van der Waals surface area contributed by atoms with Gasteiger partial charge < -0.3 is 19.9 Å². The van der Waals surface area contributed by atoms with Crippen LogP contribution >= 0.6 is 0 Å². The predicted molar refractivity (Wildman–Crippen MR) is 105 cm³/mol. The molecule has 6 nitrogen and oxygen atoms in total. The maximum Gasteiger partial charge on any atom is 0.225 e. The lowest BCUT2D eigenvalue weighted by molar-refractivity contribution is -0.116. The van der Waals surface area contributed by atoms with Crippen molar-refractivity contribution in [3.63, 3.8) is 0 Å². The van der Waals surface area contributed by atoms with Crippen LogP contribution in [0.15, 0.2) is 42.5 Å². The van der Waals surface area contributed by atoms with Crippen LogP contribution in [0.2, 0.25) is 0 Å². The Kier molecular flexibility index (Phi) is 4.11. The Morgan fingerprint density at radius 3 is 2.74 bits per heavy atom. The van der Waals surface area contributed by atoms with Crippen molar-refractivity contribution in [3.8, 4) is 5.75 Å². The van der Waals surface area contributed by atoms with E-state index in [9.17, 15) is 9.59 Å². The van der Waals surface area contributed by atoms with Gasteiger partial charge in [-0.2, -0.15) is 0 Å². The molecule has 0 saturated heterocycles. The topological polar surface area (TPSA) is 72.4 Å². The van der Waals surface area contributed by atoms with Gasteiger partial charge in [0, 0.05) is 43.2 Å². The first-order valence-corrected chi connectivity index (χ1v) is 8.81.